The zero-order valence-corrected chi connectivity index (χ0v) is 13.2. The van der Waals surface area contributed by atoms with Crippen LogP contribution < -0.4 is 4.74 Å². The summed E-state index contributed by atoms with van der Waals surface area (Å²) in [6.07, 6.45) is -9.52. The summed E-state index contributed by atoms with van der Waals surface area (Å²) in [4.78, 5) is 12.0. The van der Waals surface area contributed by atoms with Gasteiger partial charge in [0.1, 0.15) is 5.75 Å². The number of halogens is 6. The Morgan fingerprint density at radius 1 is 0.962 bits per heavy atom. The van der Waals surface area contributed by atoms with Crippen molar-refractivity contribution in [1.29, 1.82) is 0 Å². The largest absolute Gasteiger partial charge is 0.573 e. The highest BCUT2D eigenvalue weighted by atomic mass is 19.4. The maximum absolute atomic E-state index is 12.7. The Hall–Kier alpha value is -2.71. The Balaban J connectivity index is 2.51. The van der Waals surface area contributed by atoms with Gasteiger partial charge in [-0.15, -0.1) is 13.2 Å². The minimum atomic E-state index is -4.96. The van der Waals surface area contributed by atoms with E-state index in [-0.39, 0.29) is 23.3 Å². The summed E-state index contributed by atoms with van der Waals surface area (Å²) in [6.45, 7) is 1.56. The molecule has 0 bridgehead atoms. The summed E-state index contributed by atoms with van der Waals surface area (Å²) in [5.41, 5.74) is -0.963. The van der Waals surface area contributed by atoms with Gasteiger partial charge in [-0.1, -0.05) is 12.1 Å². The van der Waals surface area contributed by atoms with Crippen LogP contribution in [0.1, 0.15) is 22.8 Å². The lowest BCUT2D eigenvalue weighted by atomic mass is 9.98. The molecule has 9 heteroatoms. The lowest BCUT2D eigenvalue weighted by molar-refractivity contribution is -0.274. The fourth-order valence-electron chi connectivity index (χ4n) is 2.18. The van der Waals surface area contributed by atoms with Gasteiger partial charge in [-0.25, -0.2) is 4.79 Å². The predicted molar refractivity (Wildman–Crippen MR) is 79.5 cm³/mol. The molecule has 2 aromatic carbocycles. The quantitative estimate of drug-likeness (QED) is 0.524. The molecule has 0 saturated heterocycles. The second-order valence-electron chi connectivity index (χ2n) is 5.05. The number of hydrogen-bond acceptors (Lipinski definition) is 3. The van der Waals surface area contributed by atoms with Gasteiger partial charge in [0, 0.05) is 0 Å². The number of esters is 1. The molecule has 3 nitrogen and oxygen atoms in total. The van der Waals surface area contributed by atoms with Crippen molar-refractivity contribution in [2.45, 2.75) is 19.5 Å². The molecule has 0 aliphatic carbocycles. The first kappa shape index (κ1) is 19.6. The molecule has 0 unspecified atom stereocenters. The molecule has 0 amide bonds. The highest BCUT2D eigenvalue weighted by Crippen LogP contribution is 2.34. The lowest BCUT2D eigenvalue weighted by Gasteiger charge is -2.14. The Kier molecular flexibility index (Phi) is 5.48. The van der Waals surface area contributed by atoms with Gasteiger partial charge in [0.15, 0.2) is 0 Å². The van der Waals surface area contributed by atoms with Gasteiger partial charge in [0.05, 0.1) is 17.7 Å². The highest BCUT2D eigenvalue weighted by Gasteiger charge is 2.32. The van der Waals surface area contributed by atoms with E-state index in [0.29, 0.717) is 0 Å². The summed E-state index contributed by atoms with van der Waals surface area (Å²) < 4.78 is 83.8. The first-order valence-corrected chi connectivity index (χ1v) is 7.26. The molecule has 0 aliphatic rings. The summed E-state index contributed by atoms with van der Waals surface area (Å²) in [6, 6.07) is 6.54. The first-order valence-electron chi connectivity index (χ1n) is 7.26. The molecule has 140 valence electrons. The topological polar surface area (TPSA) is 35.5 Å². The molecule has 2 rings (SSSR count). The Morgan fingerprint density at radius 2 is 1.58 bits per heavy atom. The second-order valence-corrected chi connectivity index (χ2v) is 5.05. The average Bonchev–Trinajstić information content (AvgIpc) is 2.53. The minimum absolute atomic E-state index is 0.0199. The van der Waals surface area contributed by atoms with Gasteiger partial charge < -0.3 is 9.47 Å². The van der Waals surface area contributed by atoms with Crippen LogP contribution in [0.15, 0.2) is 42.5 Å². The van der Waals surface area contributed by atoms with Crippen molar-refractivity contribution in [3.05, 3.63) is 53.6 Å². The van der Waals surface area contributed by atoms with Crippen molar-refractivity contribution >= 4 is 5.97 Å². The van der Waals surface area contributed by atoms with Crippen LogP contribution in [0.3, 0.4) is 0 Å². The molecule has 0 radical (unpaired) electrons. The van der Waals surface area contributed by atoms with E-state index >= 15 is 0 Å². The van der Waals surface area contributed by atoms with Crippen LogP contribution >= 0.6 is 0 Å². The molecule has 26 heavy (non-hydrogen) atoms. The van der Waals surface area contributed by atoms with Crippen LogP contribution in [-0.4, -0.2) is 18.9 Å². The van der Waals surface area contributed by atoms with Crippen LogP contribution in [0.2, 0.25) is 0 Å². The SMILES string of the molecule is CCOC(=O)c1ccc(OC(F)(F)F)cc1-c1ccc(C(F)(F)F)cc1. The molecule has 0 aliphatic heterocycles. The van der Waals surface area contributed by atoms with Gasteiger partial charge in [-0.2, -0.15) is 13.2 Å². The highest BCUT2D eigenvalue weighted by molar-refractivity contribution is 5.97. The van der Waals surface area contributed by atoms with E-state index < -0.39 is 29.8 Å². The normalized spacial score (nSPS) is 12.0. The molecule has 0 saturated carbocycles. The zero-order chi connectivity index (χ0) is 19.5. The first-order chi connectivity index (χ1) is 12.0. The van der Waals surface area contributed by atoms with Crippen molar-refractivity contribution in [1.82, 2.24) is 0 Å². The number of carbonyl (C=O) groups is 1. The van der Waals surface area contributed by atoms with Crippen molar-refractivity contribution < 1.29 is 40.6 Å². The smallest absolute Gasteiger partial charge is 0.462 e. The van der Waals surface area contributed by atoms with Crippen molar-refractivity contribution in [3.8, 4) is 16.9 Å². The van der Waals surface area contributed by atoms with Crippen LogP contribution in [0.4, 0.5) is 26.3 Å². The van der Waals surface area contributed by atoms with E-state index in [4.69, 9.17) is 4.74 Å². The van der Waals surface area contributed by atoms with E-state index in [0.717, 1.165) is 42.5 Å². The van der Waals surface area contributed by atoms with Crippen molar-refractivity contribution in [2.24, 2.45) is 0 Å². The van der Waals surface area contributed by atoms with Crippen LogP contribution in [0.25, 0.3) is 11.1 Å². The molecular weight excluding hydrogens is 366 g/mol. The van der Waals surface area contributed by atoms with E-state index in [1.807, 2.05) is 0 Å². The molecule has 0 aromatic heterocycles. The lowest BCUT2D eigenvalue weighted by Crippen LogP contribution is -2.17. The molecule has 0 fully saturated rings. The van der Waals surface area contributed by atoms with E-state index in [2.05, 4.69) is 4.74 Å². The summed E-state index contributed by atoms with van der Waals surface area (Å²) >= 11 is 0. The van der Waals surface area contributed by atoms with Crippen molar-refractivity contribution in [3.63, 3.8) is 0 Å². The van der Waals surface area contributed by atoms with Gasteiger partial charge in [0.2, 0.25) is 0 Å². The fraction of sp³-hybridized carbons (Fsp3) is 0.235. The number of benzene rings is 2. The monoisotopic (exact) mass is 378 g/mol. The molecular formula is C17H12F6O3. The third-order valence-corrected chi connectivity index (χ3v) is 3.24. The summed E-state index contributed by atoms with van der Waals surface area (Å²) in [5, 5.41) is 0. The second kappa shape index (κ2) is 7.27. The van der Waals surface area contributed by atoms with Crippen molar-refractivity contribution in [2.75, 3.05) is 6.61 Å². The molecule has 0 atom stereocenters. The third kappa shape index (κ3) is 4.90. The maximum atomic E-state index is 12.7. The third-order valence-electron chi connectivity index (χ3n) is 3.24. The molecule has 2 aromatic rings. The number of carbonyl (C=O) groups excluding carboxylic acids is 1. The zero-order valence-electron chi connectivity index (χ0n) is 13.2. The van der Waals surface area contributed by atoms with E-state index in [9.17, 15) is 31.1 Å². The van der Waals surface area contributed by atoms with Gasteiger partial charge in [0.25, 0.3) is 0 Å². The van der Waals surface area contributed by atoms with E-state index in [1.165, 1.54) is 6.92 Å². The summed E-state index contributed by atoms with van der Waals surface area (Å²) in [7, 11) is 0. The molecule has 0 heterocycles. The van der Waals surface area contributed by atoms with Crippen LogP contribution in [0.5, 0.6) is 5.75 Å². The molecule has 0 N–H and O–H groups in total. The number of alkyl halides is 6. The number of rotatable bonds is 4. The summed E-state index contributed by atoms with van der Waals surface area (Å²) in [5.74, 6) is -1.43. The fourth-order valence-corrected chi connectivity index (χ4v) is 2.18. The van der Waals surface area contributed by atoms with Crippen LogP contribution in [-0.2, 0) is 10.9 Å². The predicted octanol–water partition coefficient (Wildman–Crippen LogP) is 5.45. The van der Waals surface area contributed by atoms with E-state index in [1.54, 1.807) is 0 Å². The van der Waals surface area contributed by atoms with Gasteiger partial charge in [-0.05, 0) is 48.4 Å². The number of ether oxygens (including phenoxy) is 2. The Labute approximate surface area is 144 Å². The number of hydrogen-bond donors (Lipinski definition) is 0. The van der Waals surface area contributed by atoms with Crippen LogP contribution in [0, 0.1) is 0 Å². The Morgan fingerprint density at radius 3 is 2.08 bits per heavy atom. The van der Waals surface area contributed by atoms with Gasteiger partial charge in [-0.3, -0.25) is 0 Å². The average molecular weight is 378 g/mol. The Bertz CT molecular complexity index is 779. The maximum Gasteiger partial charge on any atom is 0.573 e. The minimum Gasteiger partial charge on any atom is -0.462 e. The molecule has 0 spiro atoms. The standard InChI is InChI=1S/C17H12F6O3/c1-2-25-15(24)13-8-7-12(26-17(21,22)23)9-14(13)10-3-5-11(6-4-10)16(18,19)20/h3-9H,2H2,1H3. The van der Waals surface area contributed by atoms with Gasteiger partial charge >= 0.3 is 18.5 Å².